The number of carbonyl (C=O) groups excluding carboxylic acids is 1. The van der Waals surface area contributed by atoms with Gasteiger partial charge in [0.15, 0.2) is 25.0 Å². The fourth-order valence-corrected chi connectivity index (χ4v) is 17.5. The van der Waals surface area contributed by atoms with Gasteiger partial charge >= 0.3 is 24.3 Å². The molecule has 11 heteroatoms. The normalized spacial score (nSPS) is 14.8. The first-order chi connectivity index (χ1) is 11.9. The maximum Gasteiger partial charge on any atom is 0.639 e. The third kappa shape index (κ3) is 13.1. The van der Waals surface area contributed by atoms with E-state index in [0.29, 0.717) is 11.6 Å². The molecule has 1 unspecified atom stereocenters. The predicted molar refractivity (Wildman–Crippen MR) is 123 cm³/mol. The van der Waals surface area contributed by atoms with E-state index in [9.17, 15) is 4.79 Å². The van der Waals surface area contributed by atoms with E-state index in [0.717, 1.165) is 6.42 Å². The molecule has 0 aliphatic rings. The van der Waals surface area contributed by atoms with Crippen molar-refractivity contribution in [1.29, 1.82) is 0 Å². The van der Waals surface area contributed by atoms with Crippen LogP contribution < -0.4 is 0 Å². The van der Waals surface area contributed by atoms with Crippen molar-refractivity contribution in [2.75, 3.05) is 0 Å². The molecule has 0 aromatic carbocycles. The molecule has 0 fully saturated rings. The Labute approximate surface area is 172 Å². The topological polar surface area (TPSA) is 63.2 Å². The van der Waals surface area contributed by atoms with E-state index >= 15 is 0 Å². The number of hydrogen-bond acceptors (Lipinski definition) is 6. The van der Waals surface area contributed by atoms with Crippen LogP contribution in [0.4, 0.5) is 0 Å². The van der Waals surface area contributed by atoms with E-state index in [1.54, 1.807) is 6.92 Å². The lowest BCUT2D eigenvalue weighted by Crippen LogP contribution is -2.64. The van der Waals surface area contributed by atoms with Gasteiger partial charge in [0.05, 0.1) is 0 Å². The van der Waals surface area contributed by atoms with Crippen LogP contribution in [0, 0.1) is 0 Å². The Morgan fingerprint density at radius 1 is 0.852 bits per heavy atom. The fraction of sp³-hybridized carbons (Fsp3) is 0.812. The zero-order valence-corrected chi connectivity index (χ0v) is 24.3. The molecule has 6 nitrogen and oxygen atoms in total. The lowest BCUT2D eigenvalue weighted by Gasteiger charge is -2.42. The summed E-state index contributed by atoms with van der Waals surface area (Å²) in [5, 5.41) is 0. The third-order valence-electron chi connectivity index (χ3n) is 2.68. The van der Waals surface area contributed by atoms with Gasteiger partial charge in [0.25, 0.3) is 0 Å². The summed E-state index contributed by atoms with van der Waals surface area (Å²) in [4.78, 5) is 12.1. The second-order valence-electron chi connectivity index (χ2n) is 9.67. The molecule has 0 heterocycles. The molecule has 160 valence electrons. The van der Waals surface area contributed by atoms with Gasteiger partial charge < -0.3 is 20.9 Å². The molecule has 0 radical (unpaired) electrons. The monoisotopic (exact) mass is 468 g/mol. The summed E-state index contributed by atoms with van der Waals surface area (Å²) in [6, 6.07) is 0.674. The quantitative estimate of drug-likeness (QED) is 0.304. The smallest absolute Gasteiger partial charge is 0.494 e. The highest BCUT2D eigenvalue weighted by Gasteiger charge is 2.55. The maximum absolute atomic E-state index is 12.1. The van der Waals surface area contributed by atoms with E-state index in [2.05, 4.69) is 65.5 Å². The Kier molecular flexibility index (Phi) is 10.3. The summed E-state index contributed by atoms with van der Waals surface area (Å²) in [5.74, 6) is -0.419. The fourth-order valence-electron chi connectivity index (χ4n) is 2.02. The summed E-state index contributed by atoms with van der Waals surface area (Å²) in [7, 11) is -12.0. The average molecular weight is 469 g/mol. The van der Waals surface area contributed by atoms with Gasteiger partial charge in [0.1, 0.15) is 0 Å². The van der Waals surface area contributed by atoms with E-state index in [4.69, 9.17) is 20.9 Å². The standard InChI is InChI=1S/C16H40O6Si5/c1-13-14-23(18-16(17)15(2)3)19-27(20-24(4,5)6,21-25(7,8)9)22-26(10,11)12/h23H,2,13-14H2,1,3-12H3. The highest BCUT2D eigenvalue weighted by Crippen LogP contribution is 2.28. The van der Waals surface area contributed by atoms with Crippen LogP contribution in [0.15, 0.2) is 12.2 Å². The molecule has 0 rings (SSSR count). The largest absolute Gasteiger partial charge is 0.639 e. The first-order valence-corrected chi connectivity index (χ1v) is 23.1. The van der Waals surface area contributed by atoms with Crippen molar-refractivity contribution < 1.29 is 25.7 Å². The van der Waals surface area contributed by atoms with Crippen LogP contribution >= 0.6 is 0 Å². The zero-order valence-electron chi connectivity index (χ0n) is 19.1. The maximum atomic E-state index is 12.1. The van der Waals surface area contributed by atoms with Crippen LogP contribution in [-0.4, -0.2) is 49.3 Å². The predicted octanol–water partition coefficient (Wildman–Crippen LogP) is 4.74. The summed E-state index contributed by atoms with van der Waals surface area (Å²) < 4.78 is 31.6. The van der Waals surface area contributed by atoms with E-state index in [-0.39, 0.29) is 0 Å². The van der Waals surface area contributed by atoms with Crippen molar-refractivity contribution in [3.8, 4) is 0 Å². The van der Waals surface area contributed by atoms with E-state index < -0.39 is 49.3 Å². The first-order valence-electron chi connectivity index (χ1n) is 9.53. The number of carbonyl (C=O) groups is 1. The van der Waals surface area contributed by atoms with Gasteiger partial charge in [-0.2, -0.15) is 0 Å². The van der Waals surface area contributed by atoms with Crippen LogP contribution in [0.3, 0.4) is 0 Å². The molecule has 0 spiro atoms. The van der Waals surface area contributed by atoms with E-state index in [1.165, 1.54) is 0 Å². The van der Waals surface area contributed by atoms with Crippen LogP contribution in [0.2, 0.25) is 65.0 Å². The summed E-state index contributed by atoms with van der Waals surface area (Å²) in [6.07, 6.45) is 0.845. The van der Waals surface area contributed by atoms with Gasteiger partial charge in [-0.05, 0) is 71.9 Å². The highest BCUT2D eigenvalue weighted by atomic mass is 28.5. The van der Waals surface area contributed by atoms with Crippen LogP contribution in [0.25, 0.3) is 0 Å². The minimum absolute atomic E-state index is 0.364. The molecule has 0 aliphatic carbocycles. The lowest BCUT2D eigenvalue weighted by atomic mass is 10.4. The van der Waals surface area contributed by atoms with Gasteiger partial charge in [-0.25, -0.2) is 4.79 Å². The molecule has 0 bridgehead atoms. The molecule has 0 aromatic heterocycles. The summed E-state index contributed by atoms with van der Waals surface area (Å²) in [5.41, 5.74) is 0.364. The molecule has 0 aromatic rings. The Bertz CT molecular complexity index is 466. The summed E-state index contributed by atoms with van der Waals surface area (Å²) in [6.45, 7) is 26.2. The zero-order chi connectivity index (χ0) is 21.7. The molecular weight excluding hydrogens is 429 g/mol. The SMILES string of the molecule is C=C(C)C(=O)O[SiH](CCC)O[Si](O[Si](C)(C)C)(O[Si](C)(C)C)O[Si](C)(C)C. The third-order valence-corrected chi connectivity index (χ3v) is 16.8. The Morgan fingerprint density at radius 3 is 1.48 bits per heavy atom. The average Bonchev–Trinajstić information content (AvgIpc) is 2.31. The van der Waals surface area contributed by atoms with Crippen molar-refractivity contribution in [2.24, 2.45) is 0 Å². The minimum Gasteiger partial charge on any atom is -0.494 e. The van der Waals surface area contributed by atoms with Gasteiger partial charge in [0.2, 0.25) is 0 Å². The lowest BCUT2D eigenvalue weighted by molar-refractivity contribution is -0.131. The molecule has 0 aliphatic heterocycles. The van der Waals surface area contributed by atoms with E-state index in [1.807, 2.05) is 6.92 Å². The molecule has 0 saturated heterocycles. The Hall–Kier alpha value is 0.134. The molecule has 1 atom stereocenters. The van der Waals surface area contributed by atoms with Crippen molar-refractivity contribution >= 4 is 49.3 Å². The second-order valence-corrected chi connectivity index (χ2v) is 28.4. The first kappa shape index (κ1) is 27.1. The van der Waals surface area contributed by atoms with Gasteiger partial charge in [-0.1, -0.05) is 19.9 Å². The number of hydrogen-bond donors (Lipinski definition) is 0. The number of rotatable bonds is 12. The molecule has 27 heavy (non-hydrogen) atoms. The van der Waals surface area contributed by atoms with Crippen LogP contribution in [0.5, 0.6) is 0 Å². The summed E-state index contributed by atoms with van der Waals surface area (Å²) >= 11 is 0. The van der Waals surface area contributed by atoms with Gasteiger partial charge in [-0.15, -0.1) is 0 Å². The van der Waals surface area contributed by atoms with Crippen LogP contribution in [0.1, 0.15) is 20.3 Å². The van der Waals surface area contributed by atoms with Crippen molar-refractivity contribution in [1.82, 2.24) is 0 Å². The van der Waals surface area contributed by atoms with Crippen molar-refractivity contribution in [2.45, 2.75) is 85.2 Å². The van der Waals surface area contributed by atoms with Crippen LogP contribution in [-0.2, 0) is 25.7 Å². The Balaban J connectivity index is 5.97. The van der Waals surface area contributed by atoms with Gasteiger partial charge in [-0.3, -0.25) is 0 Å². The van der Waals surface area contributed by atoms with Crippen molar-refractivity contribution in [3.63, 3.8) is 0 Å². The highest BCUT2D eigenvalue weighted by molar-refractivity contribution is 6.89. The second kappa shape index (κ2) is 10.2. The van der Waals surface area contributed by atoms with Crippen molar-refractivity contribution in [3.05, 3.63) is 12.2 Å². The Morgan fingerprint density at radius 2 is 1.22 bits per heavy atom. The minimum atomic E-state index is -3.46. The molecule has 0 saturated carbocycles. The molecule has 0 amide bonds. The molecule has 0 N–H and O–H groups in total. The molecular formula is C16H40O6Si5. The van der Waals surface area contributed by atoms with Gasteiger partial charge in [0, 0.05) is 5.57 Å².